The number of imidazole rings is 1. The topological polar surface area (TPSA) is 58.4 Å². The molecule has 1 fully saturated rings. The third-order valence-electron chi connectivity index (χ3n) is 4.43. The Morgan fingerprint density at radius 2 is 2.12 bits per heavy atom. The number of hydrogen-bond donors (Lipinski definition) is 2. The van der Waals surface area contributed by atoms with Crippen LogP contribution in [0.25, 0.3) is 5.65 Å². The Bertz CT molecular complexity index is 653. The second-order valence-electron chi connectivity index (χ2n) is 6.16. The summed E-state index contributed by atoms with van der Waals surface area (Å²) >= 11 is 0. The first-order chi connectivity index (χ1) is 10.7. The molecule has 2 aromatic rings. The Kier molecular flexibility index (Phi) is 8.53. The van der Waals surface area contributed by atoms with E-state index in [1.165, 1.54) is 12.8 Å². The number of fused-ring (bicyclic) bond motifs is 1. The number of nitrogens with one attached hydrogen (secondary N) is 2. The quantitative estimate of drug-likeness (QED) is 0.848. The normalized spacial score (nSPS) is 14.7. The standard InChI is InChI=1S/C17H24N4O.2ClH/c1-13-3-2-10-21-12-15(20-17(13)21)11-19-16(22)5-4-14-6-8-18-9-7-14;;/h2-3,10,12,14,18H,4-9,11H2,1H3,(H,19,22);2*1H. The van der Waals surface area contributed by atoms with E-state index in [0.717, 1.165) is 36.4 Å². The number of halogens is 2. The first kappa shape index (κ1) is 20.7. The van der Waals surface area contributed by atoms with E-state index in [2.05, 4.69) is 15.6 Å². The lowest BCUT2D eigenvalue weighted by molar-refractivity contribution is -0.121. The number of nitrogens with zero attached hydrogens (tertiary/aromatic N) is 2. The van der Waals surface area contributed by atoms with Crippen LogP contribution in [0.4, 0.5) is 0 Å². The van der Waals surface area contributed by atoms with Crippen molar-refractivity contribution in [3.05, 3.63) is 35.8 Å². The molecular formula is C17H26Cl2N4O. The largest absolute Gasteiger partial charge is 0.350 e. The number of amides is 1. The maximum absolute atomic E-state index is 12.0. The molecule has 5 nitrogen and oxygen atoms in total. The van der Waals surface area contributed by atoms with Crippen molar-refractivity contribution < 1.29 is 4.79 Å². The summed E-state index contributed by atoms with van der Waals surface area (Å²) < 4.78 is 2.01. The van der Waals surface area contributed by atoms with E-state index < -0.39 is 0 Å². The van der Waals surface area contributed by atoms with Crippen LogP contribution in [0.5, 0.6) is 0 Å². The summed E-state index contributed by atoms with van der Waals surface area (Å²) in [4.78, 5) is 16.6. The second-order valence-corrected chi connectivity index (χ2v) is 6.16. The van der Waals surface area contributed by atoms with Gasteiger partial charge in [0.1, 0.15) is 5.65 Å². The number of piperidine rings is 1. The molecule has 0 aromatic carbocycles. The molecule has 0 spiro atoms. The molecule has 0 atom stereocenters. The SMILES string of the molecule is Cc1cccn2cc(CNC(=O)CCC3CCNCC3)nc12.Cl.Cl. The number of carbonyl (C=O) groups excluding carboxylic acids is 1. The molecule has 2 aromatic heterocycles. The number of hydrogen-bond acceptors (Lipinski definition) is 3. The van der Waals surface area contributed by atoms with Crippen LogP contribution in [0.2, 0.25) is 0 Å². The van der Waals surface area contributed by atoms with Crippen molar-refractivity contribution in [2.24, 2.45) is 5.92 Å². The van der Waals surface area contributed by atoms with E-state index in [0.29, 0.717) is 18.9 Å². The van der Waals surface area contributed by atoms with Crippen molar-refractivity contribution in [2.75, 3.05) is 13.1 Å². The Balaban J connectivity index is 0.00000144. The highest BCUT2D eigenvalue weighted by molar-refractivity contribution is 5.85. The van der Waals surface area contributed by atoms with Crippen LogP contribution >= 0.6 is 24.8 Å². The van der Waals surface area contributed by atoms with Gasteiger partial charge in [-0.1, -0.05) is 6.07 Å². The number of pyridine rings is 1. The molecule has 0 radical (unpaired) electrons. The zero-order chi connectivity index (χ0) is 15.4. The highest BCUT2D eigenvalue weighted by Gasteiger charge is 2.14. The van der Waals surface area contributed by atoms with E-state index in [1.807, 2.05) is 35.9 Å². The molecule has 24 heavy (non-hydrogen) atoms. The molecule has 0 aliphatic carbocycles. The van der Waals surface area contributed by atoms with Gasteiger partial charge in [0, 0.05) is 18.8 Å². The fraction of sp³-hybridized carbons (Fsp3) is 0.529. The summed E-state index contributed by atoms with van der Waals surface area (Å²) in [6.45, 7) is 4.73. The molecule has 1 saturated heterocycles. The molecule has 7 heteroatoms. The molecule has 0 saturated carbocycles. The van der Waals surface area contributed by atoms with Gasteiger partial charge in [0.05, 0.1) is 12.2 Å². The lowest BCUT2D eigenvalue weighted by Crippen LogP contribution is -2.29. The highest BCUT2D eigenvalue weighted by atomic mass is 35.5. The van der Waals surface area contributed by atoms with Gasteiger partial charge >= 0.3 is 0 Å². The fourth-order valence-electron chi connectivity index (χ4n) is 3.07. The van der Waals surface area contributed by atoms with E-state index in [1.54, 1.807) is 0 Å². The molecule has 3 heterocycles. The van der Waals surface area contributed by atoms with E-state index in [9.17, 15) is 4.79 Å². The van der Waals surface area contributed by atoms with Gasteiger partial charge in [0.2, 0.25) is 5.91 Å². The Morgan fingerprint density at radius 1 is 1.38 bits per heavy atom. The minimum absolute atomic E-state index is 0. The van der Waals surface area contributed by atoms with Gasteiger partial charge in [-0.15, -0.1) is 24.8 Å². The van der Waals surface area contributed by atoms with Gasteiger partial charge in [-0.05, 0) is 56.8 Å². The summed E-state index contributed by atoms with van der Waals surface area (Å²) in [5, 5.41) is 6.34. The van der Waals surface area contributed by atoms with Gasteiger partial charge in [0.25, 0.3) is 0 Å². The van der Waals surface area contributed by atoms with Crippen LogP contribution in [0.1, 0.15) is 36.9 Å². The predicted octanol–water partition coefficient (Wildman–Crippen LogP) is 2.88. The zero-order valence-electron chi connectivity index (χ0n) is 14.0. The molecule has 2 N–H and O–H groups in total. The summed E-state index contributed by atoms with van der Waals surface area (Å²) in [5.41, 5.74) is 3.01. The summed E-state index contributed by atoms with van der Waals surface area (Å²) in [6, 6.07) is 4.05. The average Bonchev–Trinajstić information content (AvgIpc) is 2.96. The monoisotopic (exact) mass is 372 g/mol. The third kappa shape index (κ3) is 5.36. The highest BCUT2D eigenvalue weighted by Crippen LogP contribution is 2.17. The molecule has 0 unspecified atom stereocenters. The van der Waals surface area contributed by atoms with Crippen molar-refractivity contribution in [3.8, 4) is 0 Å². The first-order valence-electron chi connectivity index (χ1n) is 8.13. The van der Waals surface area contributed by atoms with Crippen molar-refractivity contribution in [1.82, 2.24) is 20.0 Å². The van der Waals surface area contributed by atoms with Gasteiger partial charge in [-0.25, -0.2) is 4.98 Å². The van der Waals surface area contributed by atoms with Crippen LogP contribution in [0.15, 0.2) is 24.5 Å². The summed E-state index contributed by atoms with van der Waals surface area (Å²) in [5.74, 6) is 0.831. The Hall–Kier alpha value is -1.30. The molecule has 1 aliphatic heterocycles. The van der Waals surface area contributed by atoms with E-state index >= 15 is 0 Å². The maximum atomic E-state index is 12.0. The van der Waals surface area contributed by atoms with E-state index in [4.69, 9.17) is 0 Å². The lowest BCUT2D eigenvalue weighted by Gasteiger charge is -2.22. The minimum Gasteiger partial charge on any atom is -0.350 e. The average molecular weight is 373 g/mol. The molecule has 0 bridgehead atoms. The minimum atomic E-state index is 0. The van der Waals surface area contributed by atoms with Gasteiger partial charge < -0.3 is 15.0 Å². The molecular weight excluding hydrogens is 347 g/mol. The lowest BCUT2D eigenvalue weighted by atomic mass is 9.93. The summed E-state index contributed by atoms with van der Waals surface area (Å²) in [6.07, 6.45) is 7.97. The summed E-state index contributed by atoms with van der Waals surface area (Å²) in [7, 11) is 0. The Labute approximate surface area is 155 Å². The number of carbonyl (C=O) groups is 1. The number of aryl methyl sites for hydroxylation is 1. The van der Waals surface area contributed by atoms with Crippen LogP contribution in [0.3, 0.4) is 0 Å². The number of rotatable bonds is 5. The zero-order valence-corrected chi connectivity index (χ0v) is 15.6. The molecule has 1 amide bonds. The van der Waals surface area contributed by atoms with Gasteiger partial charge in [0.15, 0.2) is 0 Å². The second kappa shape index (κ2) is 9.87. The van der Waals surface area contributed by atoms with Crippen LogP contribution in [0, 0.1) is 12.8 Å². The van der Waals surface area contributed by atoms with Crippen LogP contribution in [-0.2, 0) is 11.3 Å². The third-order valence-corrected chi connectivity index (χ3v) is 4.43. The maximum Gasteiger partial charge on any atom is 0.220 e. The van der Waals surface area contributed by atoms with Crippen LogP contribution < -0.4 is 10.6 Å². The van der Waals surface area contributed by atoms with Crippen LogP contribution in [-0.4, -0.2) is 28.4 Å². The van der Waals surface area contributed by atoms with Gasteiger partial charge in [-0.2, -0.15) is 0 Å². The first-order valence-corrected chi connectivity index (χ1v) is 8.13. The van der Waals surface area contributed by atoms with Crippen molar-refractivity contribution in [2.45, 2.75) is 39.2 Å². The van der Waals surface area contributed by atoms with Crippen molar-refractivity contribution in [3.63, 3.8) is 0 Å². The molecule has 3 rings (SSSR count). The fourth-order valence-corrected chi connectivity index (χ4v) is 3.07. The predicted molar refractivity (Wildman–Crippen MR) is 101 cm³/mol. The molecule has 1 aliphatic rings. The smallest absolute Gasteiger partial charge is 0.220 e. The van der Waals surface area contributed by atoms with E-state index in [-0.39, 0.29) is 30.7 Å². The number of aromatic nitrogens is 2. The van der Waals surface area contributed by atoms with Crippen molar-refractivity contribution >= 4 is 36.4 Å². The Morgan fingerprint density at radius 3 is 2.83 bits per heavy atom. The molecule has 134 valence electrons. The van der Waals surface area contributed by atoms with Gasteiger partial charge in [-0.3, -0.25) is 4.79 Å². The van der Waals surface area contributed by atoms with Crippen molar-refractivity contribution in [1.29, 1.82) is 0 Å².